The molecule has 0 heterocycles. The Balaban J connectivity index is 1.57. The summed E-state index contributed by atoms with van der Waals surface area (Å²) < 4.78 is 0. The van der Waals surface area contributed by atoms with Gasteiger partial charge in [0.1, 0.15) is 0 Å². The highest BCUT2D eigenvalue weighted by Gasteiger charge is 2.11. The van der Waals surface area contributed by atoms with Crippen LogP contribution in [0.2, 0.25) is 0 Å². The lowest BCUT2D eigenvalue weighted by Gasteiger charge is -2.14. The van der Waals surface area contributed by atoms with Crippen molar-refractivity contribution in [2.24, 2.45) is 0 Å². The molecule has 99 valence electrons. The number of benzene rings is 2. The lowest BCUT2D eigenvalue weighted by Crippen LogP contribution is -1.91. The topological polar surface area (TPSA) is 0 Å². The van der Waals surface area contributed by atoms with E-state index in [1.54, 1.807) is 0 Å². The summed E-state index contributed by atoms with van der Waals surface area (Å²) >= 11 is 3.67. The number of hydrogen-bond donors (Lipinski definition) is 0. The van der Waals surface area contributed by atoms with Crippen LogP contribution in [-0.2, 0) is 0 Å². The summed E-state index contributed by atoms with van der Waals surface area (Å²) in [6.07, 6.45) is 7.78. The summed E-state index contributed by atoms with van der Waals surface area (Å²) in [4.78, 5) is 3.93. The Kier molecular flexibility index (Phi) is 4.67. The van der Waals surface area contributed by atoms with E-state index < -0.39 is 0 Å². The van der Waals surface area contributed by atoms with Crippen LogP contribution in [0, 0.1) is 5.25 Å². The van der Waals surface area contributed by atoms with Crippen molar-refractivity contribution in [2.45, 2.75) is 16.2 Å². The second-order valence-corrected chi connectivity index (χ2v) is 6.79. The fraction of sp³-hybridized carbons (Fsp3) is 0.0556. The van der Waals surface area contributed by atoms with Crippen LogP contribution >= 0.6 is 23.5 Å². The van der Waals surface area contributed by atoms with Gasteiger partial charge in [0.05, 0.1) is 5.25 Å². The molecule has 3 rings (SSSR count). The predicted octanol–water partition coefficient (Wildman–Crippen LogP) is 5.95. The van der Waals surface area contributed by atoms with Gasteiger partial charge in [-0.2, -0.15) is 0 Å². The standard InChI is InChI=1S/C18H15S2/c1-3-7-15(8-4-1)19-17-11-13-18(14-12-17)20-16-9-5-2-6-10-16/h1-13H,14H2. The molecule has 0 nitrogen and oxygen atoms in total. The molecule has 0 aliphatic heterocycles. The van der Waals surface area contributed by atoms with E-state index in [2.05, 4.69) is 78.9 Å². The zero-order valence-corrected chi connectivity index (χ0v) is 12.7. The maximum absolute atomic E-state index is 2.31. The largest absolute Gasteiger partial charge is 0.113 e. The molecule has 0 spiro atoms. The molecule has 0 N–H and O–H groups in total. The average Bonchev–Trinajstić information content (AvgIpc) is 2.51. The second-order valence-electron chi connectivity index (χ2n) is 4.44. The number of thioether (sulfide) groups is 2. The molecular weight excluding hydrogens is 280 g/mol. The van der Waals surface area contributed by atoms with Crippen molar-refractivity contribution in [3.8, 4) is 0 Å². The second kappa shape index (κ2) is 6.87. The molecule has 1 radical (unpaired) electrons. The van der Waals surface area contributed by atoms with Gasteiger partial charge in [-0.3, -0.25) is 0 Å². The molecule has 0 fully saturated rings. The summed E-state index contributed by atoms with van der Waals surface area (Å²) in [5.41, 5.74) is 0. The highest BCUT2D eigenvalue weighted by molar-refractivity contribution is 8.03. The quantitative estimate of drug-likeness (QED) is 0.684. The van der Waals surface area contributed by atoms with Crippen molar-refractivity contribution < 1.29 is 0 Å². The van der Waals surface area contributed by atoms with Crippen LogP contribution < -0.4 is 0 Å². The molecule has 0 aromatic heterocycles. The van der Waals surface area contributed by atoms with Crippen LogP contribution in [0.3, 0.4) is 0 Å². The van der Waals surface area contributed by atoms with Gasteiger partial charge < -0.3 is 0 Å². The van der Waals surface area contributed by atoms with Gasteiger partial charge in [0.2, 0.25) is 0 Å². The third-order valence-corrected chi connectivity index (χ3v) is 5.03. The van der Waals surface area contributed by atoms with Crippen LogP contribution in [0.5, 0.6) is 0 Å². The maximum Gasteiger partial charge on any atom is 0.0612 e. The minimum absolute atomic E-state index is 1.02. The van der Waals surface area contributed by atoms with Crippen molar-refractivity contribution in [2.75, 3.05) is 0 Å². The molecule has 20 heavy (non-hydrogen) atoms. The van der Waals surface area contributed by atoms with Crippen molar-refractivity contribution >= 4 is 23.5 Å². The molecule has 0 amide bonds. The van der Waals surface area contributed by atoms with Crippen LogP contribution in [0.4, 0.5) is 0 Å². The number of rotatable bonds is 4. The van der Waals surface area contributed by atoms with Crippen LogP contribution in [0.15, 0.2) is 93.6 Å². The molecule has 2 aromatic rings. The minimum atomic E-state index is 1.02. The molecule has 0 saturated carbocycles. The predicted molar refractivity (Wildman–Crippen MR) is 89.7 cm³/mol. The van der Waals surface area contributed by atoms with Crippen molar-refractivity contribution in [1.82, 2.24) is 0 Å². The fourth-order valence-electron chi connectivity index (χ4n) is 1.93. The van der Waals surface area contributed by atoms with Gasteiger partial charge in [-0.1, -0.05) is 66.4 Å². The Labute approximate surface area is 129 Å². The van der Waals surface area contributed by atoms with E-state index in [4.69, 9.17) is 0 Å². The van der Waals surface area contributed by atoms with Gasteiger partial charge in [-0.25, -0.2) is 0 Å². The summed E-state index contributed by atoms with van der Waals surface area (Å²) in [5, 5.41) is 1.40. The smallest absolute Gasteiger partial charge is 0.0612 e. The third kappa shape index (κ3) is 3.81. The van der Waals surface area contributed by atoms with E-state index in [1.807, 2.05) is 23.5 Å². The van der Waals surface area contributed by atoms with E-state index in [0.717, 1.165) is 6.42 Å². The van der Waals surface area contributed by atoms with Gasteiger partial charge in [-0.15, -0.1) is 11.8 Å². The van der Waals surface area contributed by atoms with Gasteiger partial charge >= 0.3 is 0 Å². The van der Waals surface area contributed by atoms with Gasteiger partial charge in [0.25, 0.3) is 0 Å². The highest BCUT2D eigenvalue weighted by atomic mass is 32.2. The van der Waals surface area contributed by atoms with Crippen molar-refractivity contribution in [3.05, 3.63) is 89.0 Å². The van der Waals surface area contributed by atoms with E-state index in [0.29, 0.717) is 0 Å². The normalized spacial score (nSPS) is 15.1. The summed E-state index contributed by atoms with van der Waals surface area (Å²) in [5.74, 6) is 0. The zero-order chi connectivity index (χ0) is 13.6. The van der Waals surface area contributed by atoms with E-state index in [9.17, 15) is 0 Å². The van der Waals surface area contributed by atoms with Crippen LogP contribution in [0.25, 0.3) is 0 Å². The Morgan fingerprint density at radius 3 is 1.80 bits per heavy atom. The molecule has 0 bridgehead atoms. The number of allylic oxidation sites excluding steroid dienone is 2. The Morgan fingerprint density at radius 1 is 0.650 bits per heavy atom. The molecular formula is C18H15S2. The van der Waals surface area contributed by atoms with Gasteiger partial charge in [0.15, 0.2) is 0 Å². The Bertz CT molecular complexity index is 600. The molecule has 2 aromatic carbocycles. The average molecular weight is 295 g/mol. The maximum atomic E-state index is 2.31. The molecule has 0 unspecified atom stereocenters. The molecule has 2 heteroatoms. The van der Waals surface area contributed by atoms with E-state index in [1.165, 1.54) is 19.9 Å². The summed E-state index contributed by atoms with van der Waals surface area (Å²) in [6.45, 7) is 0. The first-order valence-electron chi connectivity index (χ1n) is 6.60. The van der Waals surface area contributed by atoms with Gasteiger partial charge in [-0.05, 0) is 30.7 Å². The highest BCUT2D eigenvalue weighted by Crippen LogP contribution is 2.38. The Morgan fingerprint density at radius 2 is 1.25 bits per heavy atom. The third-order valence-electron chi connectivity index (χ3n) is 2.91. The summed E-state index contributed by atoms with van der Waals surface area (Å²) in [7, 11) is 0. The first kappa shape index (κ1) is 13.6. The molecule has 0 saturated heterocycles. The number of hydrogen-bond acceptors (Lipinski definition) is 2. The van der Waals surface area contributed by atoms with Crippen LogP contribution in [-0.4, -0.2) is 0 Å². The fourth-order valence-corrected chi connectivity index (χ4v) is 3.70. The molecule has 1 aliphatic rings. The van der Waals surface area contributed by atoms with Gasteiger partial charge in [0, 0.05) is 14.7 Å². The summed E-state index contributed by atoms with van der Waals surface area (Å²) in [6, 6.07) is 21.1. The van der Waals surface area contributed by atoms with E-state index in [-0.39, 0.29) is 0 Å². The lowest BCUT2D eigenvalue weighted by atomic mass is 10.2. The van der Waals surface area contributed by atoms with Crippen LogP contribution in [0.1, 0.15) is 6.42 Å². The lowest BCUT2D eigenvalue weighted by molar-refractivity contribution is 1.21. The Hall–Kier alpha value is -1.38. The SMILES string of the molecule is C1=CC(Sc2ccccc2)=CC[C]1Sc1ccccc1. The van der Waals surface area contributed by atoms with Crippen molar-refractivity contribution in [3.63, 3.8) is 0 Å². The first-order chi connectivity index (χ1) is 9.90. The molecule has 0 atom stereocenters. The zero-order valence-electron chi connectivity index (χ0n) is 11.0. The molecule has 1 aliphatic carbocycles. The monoisotopic (exact) mass is 295 g/mol. The minimum Gasteiger partial charge on any atom is -0.113 e. The van der Waals surface area contributed by atoms with E-state index >= 15 is 0 Å². The first-order valence-corrected chi connectivity index (χ1v) is 8.23. The van der Waals surface area contributed by atoms with Crippen molar-refractivity contribution in [1.29, 1.82) is 0 Å².